The van der Waals surface area contributed by atoms with Gasteiger partial charge in [-0.25, -0.2) is 9.97 Å². The SMILES string of the molecule is C=Cc1[nH]c2nc(C)nc(N)c2c1C(N)=O. The lowest BCUT2D eigenvalue weighted by atomic mass is 10.1. The van der Waals surface area contributed by atoms with Gasteiger partial charge < -0.3 is 16.5 Å². The zero-order chi connectivity index (χ0) is 11.9. The van der Waals surface area contributed by atoms with Gasteiger partial charge in [0.25, 0.3) is 5.91 Å². The lowest BCUT2D eigenvalue weighted by molar-refractivity contribution is 0.100. The van der Waals surface area contributed by atoms with E-state index < -0.39 is 5.91 Å². The van der Waals surface area contributed by atoms with Crippen LogP contribution in [0.5, 0.6) is 0 Å². The smallest absolute Gasteiger partial charge is 0.251 e. The third kappa shape index (κ3) is 1.31. The highest BCUT2D eigenvalue weighted by atomic mass is 16.1. The molecule has 0 unspecified atom stereocenters. The summed E-state index contributed by atoms with van der Waals surface area (Å²) in [7, 11) is 0. The van der Waals surface area contributed by atoms with Gasteiger partial charge in [-0.15, -0.1) is 0 Å². The summed E-state index contributed by atoms with van der Waals surface area (Å²) in [4.78, 5) is 22.4. The third-order valence-electron chi connectivity index (χ3n) is 2.27. The number of carbonyl (C=O) groups is 1. The molecule has 16 heavy (non-hydrogen) atoms. The maximum atomic E-state index is 11.3. The van der Waals surface area contributed by atoms with Crippen LogP contribution in [0.2, 0.25) is 0 Å². The molecule has 2 aromatic heterocycles. The highest BCUT2D eigenvalue weighted by Crippen LogP contribution is 2.25. The third-order valence-corrected chi connectivity index (χ3v) is 2.27. The maximum absolute atomic E-state index is 11.3. The molecule has 0 fully saturated rings. The van der Waals surface area contributed by atoms with Crippen LogP contribution < -0.4 is 11.5 Å². The minimum Gasteiger partial charge on any atom is -0.383 e. The number of nitrogens with two attached hydrogens (primary N) is 2. The Bertz CT molecular complexity index is 599. The average Bonchev–Trinajstić information content (AvgIpc) is 2.55. The summed E-state index contributed by atoms with van der Waals surface area (Å²) in [5.41, 5.74) is 12.3. The standard InChI is InChI=1S/C10H11N5O/c1-3-5-6(9(12)16)7-8(11)13-4(2)14-10(7)15-5/h3H,1H2,2H3,(H2,12,16)(H3,11,13,14,15). The number of aromatic nitrogens is 3. The first-order valence-electron chi connectivity index (χ1n) is 4.62. The van der Waals surface area contributed by atoms with Crippen LogP contribution >= 0.6 is 0 Å². The molecule has 0 aliphatic carbocycles. The number of amides is 1. The van der Waals surface area contributed by atoms with E-state index in [1.165, 1.54) is 6.08 Å². The molecule has 1 amide bonds. The molecule has 6 nitrogen and oxygen atoms in total. The van der Waals surface area contributed by atoms with Crippen LogP contribution in [0.25, 0.3) is 17.1 Å². The highest BCUT2D eigenvalue weighted by Gasteiger charge is 2.18. The van der Waals surface area contributed by atoms with E-state index in [0.29, 0.717) is 22.6 Å². The molecule has 0 bridgehead atoms. The summed E-state index contributed by atoms with van der Waals surface area (Å²) in [6.07, 6.45) is 1.50. The first-order chi connectivity index (χ1) is 7.54. The van der Waals surface area contributed by atoms with Gasteiger partial charge in [-0.2, -0.15) is 0 Å². The molecule has 0 spiro atoms. The fraction of sp³-hybridized carbons (Fsp3) is 0.100. The minimum atomic E-state index is -0.583. The van der Waals surface area contributed by atoms with Gasteiger partial charge in [0.2, 0.25) is 0 Å². The Hall–Kier alpha value is -2.37. The van der Waals surface area contributed by atoms with Crippen LogP contribution in [0.15, 0.2) is 6.58 Å². The Morgan fingerprint density at radius 2 is 2.19 bits per heavy atom. The molecule has 0 atom stereocenters. The molecule has 0 aliphatic rings. The van der Waals surface area contributed by atoms with Gasteiger partial charge in [-0.3, -0.25) is 4.79 Å². The van der Waals surface area contributed by atoms with Gasteiger partial charge in [0.15, 0.2) is 0 Å². The predicted molar refractivity (Wildman–Crippen MR) is 61.6 cm³/mol. The van der Waals surface area contributed by atoms with E-state index >= 15 is 0 Å². The molecule has 5 N–H and O–H groups in total. The number of aryl methyl sites for hydroxylation is 1. The van der Waals surface area contributed by atoms with Crippen LogP contribution in [0.4, 0.5) is 5.82 Å². The van der Waals surface area contributed by atoms with E-state index in [2.05, 4.69) is 21.5 Å². The van der Waals surface area contributed by atoms with E-state index in [1.54, 1.807) is 6.92 Å². The molecular weight excluding hydrogens is 206 g/mol. The molecule has 0 aromatic carbocycles. The monoisotopic (exact) mass is 217 g/mol. The van der Waals surface area contributed by atoms with E-state index in [4.69, 9.17) is 11.5 Å². The summed E-state index contributed by atoms with van der Waals surface area (Å²) >= 11 is 0. The van der Waals surface area contributed by atoms with Gasteiger partial charge in [-0.1, -0.05) is 6.58 Å². The van der Waals surface area contributed by atoms with E-state index in [-0.39, 0.29) is 11.4 Å². The van der Waals surface area contributed by atoms with Crippen molar-refractivity contribution in [3.05, 3.63) is 23.7 Å². The molecular formula is C10H11N5O. The summed E-state index contributed by atoms with van der Waals surface area (Å²) in [6, 6.07) is 0. The molecule has 0 aliphatic heterocycles. The van der Waals surface area contributed by atoms with Gasteiger partial charge in [-0.05, 0) is 13.0 Å². The van der Waals surface area contributed by atoms with Crippen molar-refractivity contribution in [2.24, 2.45) is 5.73 Å². The van der Waals surface area contributed by atoms with Gasteiger partial charge >= 0.3 is 0 Å². The number of fused-ring (bicyclic) bond motifs is 1. The second-order valence-corrected chi connectivity index (χ2v) is 3.36. The summed E-state index contributed by atoms with van der Waals surface area (Å²) in [6.45, 7) is 5.31. The Balaban J connectivity index is 2.95. The topological polar surface area (TPSA) is 111 Å². The molecule has 0 saturated carbocycles. The normalized spacial score (nSPS) is 10.6. The number of nitrogens with one attached hydrogen (secondary N) is 1. The van der Waals surface area contributed by atoms with Crippen molar-refractivity contribution >= 4 is 28.8 Å². The van der Waals surface area contributed by atoms with Crippen molar-refractivity contribution in [1.82, 2.24) is 15.0 Å². The van der Waals surface area contributed by atoms with Crippen molar-refractivity contribution in [2.45, 2.75) is 6.92 Å². The van der Waals surface area contributed by atoms with E-state index in [1.807, 2.05) is 0 Å². The van der Waals surface area contributed by atoms with E-state index in [9.17, 15) is 4.79 Å². The van der Waals surface area contributed by atoms with Crippen LogP contribution in [0, 0.1) is 6.92 Å². The number of primary amides is 1. The average molecular weight is 217 g/mol. The number of anilines is 1. The van der Waals surface area contributed by atoms with Crippen LogP contribution in [0.1, 0.15) is 21.9 Å². The fourth-order valence-corrected chi connectivity index (χ4v) is 1.66. The second kappa shape index (κ2) is 3.34. The first kappa shape index (κ1) is 10.2. The predicted octanol–water partition coefficient (Wildman–Crippen LogP) is 0.590. The summed E-state index contributed by atoms with van der Waals surface area (Å²) in [5.74, 6) is 0.179. The molecule has 2 rings (SSSR count). The lowest BCUT2D eigenvalue weighted by Gasteiger charge is -1.99. The van der Waals surface area contributed by atoms with E-state index in [0.717, 1.165) is 0 Å². The number of nitrogen functional groups attached to an aromatic ring is 1. The largest absolute Gasteiger partial charge is 0.383 e. The number of nitrogens with zero attached hydrogens (tertiary/aromatic N) is 2. The quantitative estimate of drug-likeness (QED) is 0.683. The number of H-pyrrole nitrogens is 1. The lowest BCUT2D eigenvalue weighted by Crippen LogP contribution is -2.12. The zero-order valence-electron chi connectivity index (χ0n) is 8.74. The molecule has 0 saturated heterocycles. The molecule has 2 heterocycles. The Labute approximate surface area is 91.4 Å². The second-order valence-electron chi connectivity index (χ2n) is 3.36. The van der Waals surface area contributed by atoms with Crippen molar-refractivity contribution in [3.8, 4) is 0 Å². The van der Waals surface area contributed by atoms with Crippen molar-refractivity contribution in [1.29, 1.82) is 0 Å². The van der Waals surface area contributed by atoms with Gasteiger partial charge in [0, 0.05) is 0 Å². The van der Waals surface area contributed by atoms with Gasteiger partial charge in [0.1, 0.15) is 17.3 Å². The van der Waals surface area contributed by atoms with Crippen LogP contribution in [-0.2, 0) is 0 Å². The Morgan fingerprint density at radius 3 is 2.75 bits per heavy atom. The Kier molecular flexibility index (Phi) is 2.12. The molecule has 2 aromatic rings. The van der Waals surface area contributed by atoms with Crippen molar-refractivity contribution in [2.75, 3.05) is 5.73 Å². The Morgan fingerprint density at radius 1 is 1.50 bits per heavy atom. The highest BCUT2D eigenvalue weighted by molar-refractivity contribution is 6.11. The number of aromatic amines is 1. The molecule has 82 valence electrons. The number of carbonyl (C=O) groups excluding carboxylic acids is 1. The van der Waals surface area contributed by atoms with Crippen molar-refractivity contribution in [3.63, 3.8) is 0 Å². The van der Waals surface area contributed by atoms with Crippen LogP contribution in [-0.4, -0.2) is 20.9 Å². The summed E-state index contributed by atoms with van der Waals surface area (Å²) < 4.78 is 0. The minimum absolute atomic E-state index is 0.237. The summed E-state index contributed by atoms with van der Waals surface area (Å²) in [5, 5.41) is 0.452. The fourth-order valence-electron chi connectivity index (χ4n) is 1.66. The number of hydrogen-bond donors (Lipinski definition) is 3. The maximum Gasteiger partial charge on any atom is 0.251 e. The van der Waals surface area contributed by atoms with Crippen LogP contribution in [0.3, 0.4) is 0 Å². The zero-order valence-corrected chi connectivity index (χ0v) is 8.74. The molecule has 6 heteroatoms. The molecule has 0 radical (unpaired) electrons. The first-order valence-corrected chi connectivity index (χ1v) is 4.62. The van der Waals surface area contributed by atoms with Gasteiger partial charge in [0.05, 0.1) is 16.6 Å². The van der Waals surface area contributed by atoms with Crippen molar-refractivity contribution < 1.29 is 4.79 Å². The number of hydrogen-bond acceptors (Lipinski definition) is 4. The number of rotatable bonds is 2.